The average molecular weight is 316 g/mol. The van der Waals surface area contributed by atoms with Crippen LogP contribution in [0.5, 0.6) is 0 Å². The van der Waals surface area contributed by atoms with Gasteiger partial charge in [0.05, 0.1) is 18.0 Å². The Morgan fingerprint density at radius 1 is 1.26 bits per heavy atom. The lowest BCUT2D eigenvalue weighted by molar-refractivity contribution is -0.141. The van der Waals surface area contributed by atoms with Gasteiger partial charge >= 0.3 is 5.97 Å². The quantitative estimate of drug-likeness (QED) is 0.781. The summed E-state index contributed by atoms with van der Waals surface area (Å²) in [5.41, 5.74) is 2.54. The van der Waals surface area contributed by atoms with Crippen LogP contribution in [0.25, 0.3) is 0 Å². The number of carbonyl (C=O) groups is 3. The van der Waals surface area contributed by atoms with Crippen LogP contribution >= 0.6 is 0 Å². The Hall–Kier alpha value is -2.37. The Bertz CT molecular complexity index is 671. The third-order valence-electron chi connectivity index (χ3n) is 4.47. The molecule has 2 aliphatic heterocycles. The van der Waals surface area contributed by atoms with Gasteiger partial charge in [0, 0.05) is 39.3 Å². The topological polar surface area (TPSA) is 66.9 Å². The number of nitrogens with zero attached hydrogens (tertiary/aromatic N) is 2. The third-order valence-corrected chi connectivity index (χ3v) is 4.47. The van der Waals surface area contributed by atoms with Crippen molar-refractivity contribution in [2.45, 2.75) is 32.6 Å². The summed E-state index contributed by atoms with van der Waals surface area (Å²) in [6.07, 6.45) is 1.07. The zero-order chi connectivity index (χ0) is 16.6. The number of amides is 2. The first-order chi connectivity index (χ1) is 11.0. The molecule has 0 radical (unpaired) electrons. The number of para-hydroxylation sites is 1. The van der Waals surface area contributed by atoms with Crippen LogP contribution in [0.2, 0.25) is 0 Å². The molecule has 1 aromatic rings. The molecule has 3 rings (SSSR count). The van der Waals surface area contributed by atoms with Crippen LogP contribution in [0.15, 0.2) is 18.2 Å². The van der Waals surface area contributed by atoms with Crippen molar-refractivity contribution in [3.63, 3.8) is 0 Å². The minimum atomic E-state index is -0.309. The van der Waals surface area contributed by atoms with Gasteiger partial charge in [-0.05, 0) is 18.1 Å². The summed E-state index contributed by atoms with van der Waals surface area (Å²) in [6.45, 7) is 4.19. The molecule has 2 amide bonds. The van der Waals surface area contributed by atoms with E-state index in [4.69, 9.17) is 4.74 Å². The highest BCUT2D eigenvalue weighted by Crippen LogP contribution is 2.43. The van der Waals surface area contributed by atoms with Crippen LogP contribution in [0, 0.1) is 0 Å². The summed E-state index contributed by atoms with van der Waals surface area (Å²) >= 11 is 0. The summed E-state index contributed by atoms with van der Waals surface area (Å²) in [6, 6.07) is 5.72. The van der Waals surface area contributed by atoms with Gasteiger partial charge < -0.3 is 14.5 Å². The fourth-order valence-electron chi connectivity index (χ4n) is 3.37. The number of rotatable bonds is 2. The first-order valence-electron chi connectivity index (χ1n) is 7.83. The molecule has 6 heteroatoms. The first-order valence-corrected chi connectivity index (χ1v) is 7.83. The fourth-order valence-corrected chi connectivity index (χ4v) is 3.37. The fraction of sp³-hybridized carbons (Fsp3) is 0.471. The van der Waals surface area contributed by atoms with Gasteiger partial charge in [0.25, 0.3) is 0 Å². The summed E-state index contributed by atoms with van der Waals surface area (Å²) in [4.78, 5) is 38.9. The monoisotopic (exact) mass is 316 g/mol. The van der Waals surface area contributed by atoms with Crippen molar-refractivity contribution in [2.75, 3.05) is 29.5 Å². The number of esters is 1. The standard InChI is InChI=1S/C17H20N2O4/c1-11(20)18-9-7-16(22)19-8-6-13(10-23-12(2)21)14-4-3-5-15(18)17(14)19/h3-5,13H,6-10H2,1-2H3. The van der Waals surface area contributed by atoms with Gasteiger partial charge in [-0.2, -0.15) is 0 Å². The van der Waals surface area contributed by atoms with Crippen LogP contribution in [-0.2, 0) is 19.1 Å². The van der Waals surface area contributed by atoms with E-state index in [1.165, 1.54) is 13.8 Å². The Kier molecular flexibility index (Phi) is 4.07. The van der Waals surface area contributed by atoms with Crippen molar-refractivity contribution < 1.29 is 19.1 Å². The number of ether oxygens (including phenoxy) is 1. The van der Waals surface area contributed by atoms with Crippen molar-refractivity contribution in [3.05, 3.63) is 23.8 Å². The van der Waals surface area contributed by atoms with E-state index in [1.807, 2.05) is 18.2 Å². The van der Waals surface area contributed by atoms with E-state index in [-0.39, 0.29) is 23.7 Å². The van der Waals surface area contributed by atoms with Gasteiger partial charge in [0.2, 0.25) is 11.8 Å². The van der Waals surface area contributed by atoms with Crippen LogP contribution in [0.4, 0.5) is 11.4 Å². The van der Waals surface area contributed by atoms with Gasteiger partial charge in [0.15, 0.2) is 0 Å². The van der Waals surface area contributed by atoms with E-state index in [0.717, 1.165) is 23.4 Å². The van der Waals surface area contributed by atoms with Gasteiger partial charge in [-0.1, -0.05) is 12.1 Å². The molecule has 23 heavy (non-hydrogen) atoms. The molecular formula is C17H20N2O4. The molecule has 0 aromatic heterocycles. The van der Waals surface area contributed by atoms with Crippen LogP contribution in [0.1, 0.15) is 38.2 Å². The van der Waals surface area contributed by atoms with Crippen molar-refractivity contribution in [3.8, 4) is 0 Å². The van der Waals surface area contributed by atoms with E-state index < -0.39 is 0 Å². The Morgan fingerprint density at radius 2 is 2.04 bits per heavy atom. The largest absolute Gasteiger partial charge is 0.465 e. The van der Waals surface area contributed by atoms with Crippen molar-refractivity contribution in [2.24, 2.45) is 0 Å². The summed E-state index contributed by atoms with van der Waals surface area (Å²) < 4.78 is 5.17. The molecule has 0 saturated heterocycles. The Morgan fingerprint density at radius 3 is 2.74 bits per heavy atom. The maximum atomic E-state index is 12.4. The number of hydrogen-bond donors (Lipinski definition) is 0. The molecule has 1 atom stereocenters. The lowest BCUT2D eigenvalue weighted by Crippen LogP contribution is -2.37. The molecule has 0 N–H and O–H groups in total. The summed E-state index contributed by atoms with van der Waals surface area (Å²) in [5, 5.41) is 0. The van der Waals surface area contributed by atoms with Gasteiger partial charge in [-0.15, -0.1) is 0 Å². The van der Waals surface area contributed by atoms with Crippen molar-refractivity contribution in [1.82, 2.24) is 0 Å². The van der Waals surface area contributed by atoms with E-state index in [0.29, 0.717) is 26.1 Å². The molecule has 1 unspecified atom stereocenters. The molecule has 6 nitrogen and oxygen atoms in total. The van der Waals surface area contributed by atoms with Gasteiger partial charge in [0.1, 0.15) is 0 Å². The summed E-state index contributed by atoms with van der Waals surface area (Å²) in [7, 11) is 0. The number of benzene rings is 1. The minimum Gasteiger partial charge on any atom is -0.465 e. The summed E-state index contributed by atoms with van der Waals surface area (Å²) in [5.74, 6) is -0.302. The third kappa shape index (κ3) is 2.81. The number of anilines is 2. The smallest absolute Gasteiger partial charge is 0.302 e. The zero-order valence-corrected chi connectivity index (χ0v) is 13.4. The minimum absolute atomic E-state index is 0.0355. The molecule has 0 aliphatic carbocycles. The maximum absolute atomic E-state index is 12.4. The predicted octanol–water partition coefficient (Wildman–Crippen LogP) is 1.83. The second-order valence-electron chi connectivity index (χ2n) is 5.97. The van der Waals surface area contributed by atoms with Gasteiger partial charge in [-0.3, -0.25) is 14.4 Å². The molecule has 0 fully saturated rings. The van der Waals surface area contributed by atoms with E-state index >= 15 is 0 Å². The highest BCUT2D eigenvalue weighted by Gasteiger charge is 2.35. The SMILES string of the molecule is CC(=O)OCC1CCN2C(=O)CCN(C(C)=O)c3cccc1c32. The predicted molar refractivity (Wildman–Crippen MR) is 85.4 cm³/mol. The highest BCUT2D eigenvalue weighted by atomic mass is 16.5. The zero-order valence-electron chi connectivity index (χ0n) is 13.4. The lowest BCUT2D eigenvalue weighted by atomic mass is 9.89. The normalized spacial score (nSPS) is 19.9. The lowest BCUT2D eigenvalue weighted by Gasteiger charge is -2.35. The van der Waals surface area contributed by atoms with Crippen LogP contribution in [0.3, 0.4) is 0 Å². The molecule has 122 valence electrons. The Labute approximate surface area is 135 Å². The average Bonchev–Trinajstić information content (AvgIpc) is 2.65. The first kappa shape index (κ1) is 15.5. The maximum Gasteiger partial charge on any atom is 0.302 e. The van der Waals surface area contributed by atoms with Crippen LogP contribution < -0.4 is 9.80 Å². The number of hydrogen-bond acceptors (Lipinski definition) is 4. The Balaban J connectivity index is 2.06. The van der Waals surface area contributed by atoms with E-state index in [9.17, 15) is 14.4 Å². The van der Waals surface area contributed by atoms with E-state index in [1.54, 1.807) is 9.80 Å². The molecule has 0 spiro atoms. The second kappa shape index (κ2) is 6.02. The highest BCUT2D eigenvalue weighted by molar-refractivity contribution is 6.05. The van der Waals surface area contributed by atoms with E-state index in [2.05, 4.69) is 0 Å². The molecule has 0 bridgehead atoms. The molecule has 1 aromatic carbocycles. The number of carbonyl (C=O) groups excluding carboxylic acids is 3. The van der Waals surface area contributed by atoms with Gasteiger partial charge in [-0.25, -0.2) is 0 Å². The molecule has 2 aliphatic rings. The van der Waals surface area contributed by atoms with Crippen molar-refractivity contribution in [1.29, 1.82) is 0 Å². The van der Waals surface area contributed by atoms with Crippen molar-refractivity contribution >= 4 is 29.2 Å². The molecular weight excluding hydrogens is 296 g/mol. The molecule has 0 saturated carbocycles. The second-order valence-corrected chi connectivity index (χ2v) is 5.97. The van der Waals surface area contributed by atoms with Crippen LogP contribution in [-0.4, -0.2) is 37.5 Å². The molecule has 2 heterocycles.